The summed E-state index contributed by atoms with van der Waals surface area (Å²) in [5, 5.41) is 3.89. The lowest BCUT2D eigenvalue weighted by atomic mass is 9.79. The third-order valence-corrected chi connectivity index (χ3v) is 3.48. The lowest BCUT2D eigenvalue weighted by Gasteiger charge is -2.42. The molecule has 1 aliphatic heterocycles. The van der Waals surface area contributed by atoms with Crippen LogP contribution in [0, 0.1) is 5.41 Å². The number of hydrogen-bond acceptors (Lipinski definition) is 3. The van der Waals surface area contributed by atoms with Gasteiger partial charge in [-0.1, -0.05) is 18.1 Å². The van der Waals surface area contributed by atoms with Gasteiger partial charge < -0.3 is 4.74 Å². The lowest BCUT2D eigenvalue weighted by Crippen LogP contribution is -2.49. The zero-order valence-corrected chi connectivity index (χ0v) is 11.1. The lowest BCUT2D eigenvalue weighted by molar-refractivity contribution is -0.114. The molecule has 1 aromatic heterocycles. The highest BCUT2D eigenvalue weighted by Gasteiger charge is 2.41. The van der Waals surface area contributed by atoms with Crippen molar-refractivity contribution in [1.29, 1.82) is 0 Å². The van der Waals surface area contributed by atoms with Crippen LogP contribution in [0.4, 0.5) is 0 Å². The van der Waals surface area contributed by atoms with Gasteiger partial charge in [0.2, 0.25) is 0 Å². The molecule has 5 nitrogen and oxygen atoms in total. The predicted octanol–water partition coefficient (Wildman–Crippen LogP) is 3.10. The molecule has 0 bridgehead atoms. The Morgan fingerprint density at radius 1 is 1.65 bits per heavy atom. The number of rotatable bonds is 4. The molecule has 1 fully saturated rings. The number of hydrogen-bond donors (Lipinski definition) is 0. The molecule has 2 heterocycles. The number of azide groups is 1. The van der Waals surface area contributed by atoms with Gasteiger partial charge in [0.05, 0.1) is 19.3 Å². The minimum absolute atomic E-state index is 0.0593. The van der Waals surface area contributed by atoms with Gasteiger partial charge in [-0.15, -0.1) is 0 Å². The maximum Gasteiger partial charge on any atom is 0.106 e. The SMILES string of the molecule is CC1(C(Cc2cccc(Br)n2)N=[N+]=[N-])COC1. The largest absolute Gasteiger partial charge is 0.380 e. The monoisotopic (exact) mass is 296 g/mol. The second kappa shape index (κ2) is 5.04. The van der Waals surface area contributed by atoms with E-state index in [4.69, 9.17) is 10.3 Å². The van der Waals surface area contributed by atoms with Gasteiger partial charge >= 0.3 is 0 Å². The van der Waals surface area contributed by atoms with E-state index in [1.54, 1.807) is 0 Å². The molecule has 1 aromatic rings. The van der Waals surface area contributed by atoms with Gasteiger partial charge in [0.1, 0.15) is 4.60 Å². The van der Waals surface area contributed by atoms with Crippen LogP contribution in [0.15, 0.2) is 27.9 Å². The van der Waals surface area contributed by atoms with Gasteiger partial charge in [0.15, 0.2) is 0 Å². The summed E-state index contributed by atoms with van der Waals surface area (Å²) in [4.78, 5) is 7.29. The van der Waals surface area contributed by atoms with Gasteiger partial charge in [0.25, 0.3) is 0 Å². The second-order valence-corrected chi connectivity index (χ2v) is 5.34. The number of halogens is 1. The summed E-state index contributed by atoms with van der Waals surface area (Å²) in [6.07, 6.45) is 0.642. The average Bonchev–Trinajstić information content (AvgIpc) is 2.25. The fraction of sp³-hybridized carbons (Fsp3) is 0.545. The van der Waals surface area contributed by atoms with E-state index >= 15 is 0 Å². The highest BCUT2D eigenvalue weighted by molar-refractivity contribution is 9.10. The van der Waals surface area contributed by atoms with Crippen LogP contribution in [-0.4, -0.2) is 24.2 Å². The highest BCUT2D eigenvalue weighted by Crippen LogP contribution is 2.34. The van der Waals surface area contributed by atoms with Crippen molar-refractivity contribution < 1.29 is 4.74 Å². The topological polar surface area (TPSA) is 70.9 Å². The summed E-state index contributed by atoms with van der Waals surface area (Å²) in [6, 6.07) is 5.63. The molecule has 1 atom stereocenters. The molecular weight excluding hydrogens is 284 g/mol. The zero-order chi connectivity index (χ0) is 12.3. The van der Waals surface area contributed by atoms with Crippen LogP contribution < -0.4 is 0 Å². The fourth-order valence-electron chi connectivity index (χ4n) is 1.87. The Bertz CT molecular complexity index is 455. The van der Waals surface area contributed by atoms with E-state index in [1.807, 2.05) is 18.2 Å². The van der Waals surface area contributed by atoms with Crippen LogP contribution >= 0.6 is 15.9 Å². The van der Waals surface area contributed by atoms with Gasteiger partial charge in [-0.2, -0.15) is 0 Å². The van der Waals surface area contributed by atoms with Crippen molar-refractivity contribution in [3.8, 4) is 0 Å². The van der Waals surface area contributed by atoms with Crippen molar-refractivity contribution >= 4 is 15.9 Å². The van der Waals surface area contributed by atoms with Gasteiger partial charge in [-0.25, -0.2) is 4.98 Å². The van der Waals surface area contributed by atoms with Crippen LogP contribution in [0.5, 0.6) is 0 Å². The van der Waals surface area contributed by atoms with Crippen molar-refractivity contribution in [2.45, 2.75) is 19.4 Å². The quantitative estimate of drug-likeness (QED) is 0.371. The van der Waals surface area contributed by atoms with E-state index in [0.29, 0.717) is 19.6 Å². The van der Waals surface area contributed by atoms with Crippen LogP contribution in [-0.2, 0) is 11.2 Å². The molecule has 0 N–H and O–H groups in total. The van der Waals surface area contributed by atoms with E-state index in [2.05, 4.69) is 37.9 Å². The van der Waals surface area contributed by atoms with E-state index in [1.165, 1.54) is 0 Å². The summed E-state index contributed by atoms with van der Waals surface area (Å²) < 4.78 is 6.01. The van der Waals surface area contributed by atoms with Gasteiger partial charge in [-0.05, 0) is 40.0 Å². The highest BCUT2D eigenvalue weighted by atomic mass is 79.9. The Morgan fingerprint density at radius 3 is 2.94 bits per heavy atom. The molecule has 0 aromatic carbocycles. The van der Waals surface area contributed by atoms with Crippen molar-refractivity contribution in [2.24, 2.45) is 10.5 Å². The summed E-state index contributed by atoms with van der Waals surface area (Å²) in [6.45, 7) is 3.36. The fourth-order valence-corrected chi connectivity index (χ4v) is 2.25. The maximum atomic E-state index is 8.64. The smallest absolute Gasteiger partial charge is 0.106 e. The van der Waals surface area contributed by atoms with Crippen LogP contribution in [0.25, 0.3) is 10.4 Å². The van der Waals surface area contributed by atoms with E-state index in [0.717, 1.165) is 10.3 Å². The normalized spacial score (nSPS) is 18.9. The zero-order valence-electron chi connectivity index (χ0n) is 9.51. The van der Waals surface area contributed by atoms with E-state index in [-0.39, 0.29) is 11.5 Å². The first-order chi connectivity index (χ1) is 8.14. The van der Waals surface area contributed by atoms with Crippen molar-refractivity contribution in [3.05, 3.63) is 38.9 Å². The number of nitrogens with zero attached hydrogens (tertiary/aromatic N) is 4. The van der Waals surface area contributed by atoms with Crippen molar-refractivity contribution in [1.82, 2.24) is 4.98 Å². The molecule has 0 aliphatic carbocycles. The molecule has 0 spiro atoms. The van der Waals surface area contributed by atoms with Crippen molar-refractivity contribution in [2.75, 3.05) is 13.2 Å². The van der Waals surface area contributed by atoms with E-state index < -0.39 is 0 Å². The summed E-state index contributed by atoms with van der Waals surface area (Å²) >= 11 is 3.33. The Balaban J connectivity index is 2.15. The van der Waals surface area contributed by atoms with Gasteiger partial charge in [-0.3, -0.25) is 0 Å². The molecule has 90 valence electrons. The molecular formula is C11H13BrN4O. The number of pyridine rings is 1. The first-order valence-corrected chi connectivity index (χ1v) is 6.17. The van der Waals surface area contributed by atoms with Gasteiger partial charge in [0, 0.05) is 16.0 Å². The second-order valence-electron chi connectivity index (χ2n) is 4.52. The first kappa shape index (κ1) is 12.4. The third-order valence-electron chi connectivity index (χ3n) is 3.03. The summed E-state index contributed by atoms with van der Waals surface area (Å²) in [5.41, 5.74) is 9.50. The summed E-state index contributed by atoms with van der Waals surface area (Å²) in [5.74, 6) is 0. The Hall–Kier alpha value is -1.10. The molecule has 1 aliphatic rings. The Morgan fingerprint density at radius 2 is 2.41 bits per heavy atom. The molecule has 0 radical (unpaired) electrons. The predicted molar refractivity (Wildman–Crippen MR) is 67.5 cm³/mol. The molecule has 2 rings (SSSR count). The van der Waals surface area contributed by atoms with Crippen LogP contribution in [0.2, 0.25) is 0 Å². The molecule has 0 saturated carbocycles. The van der Waals surface area contributed by atoms with Crippen LogP contribution in [0.1, 0.15) is 12.6 Å². The maximum absolute atomic E-state index is 8.64. The molecule has 0 amide bonds. The van der Waals surface area contributed by atoms with E-state index in [9.17, 15) is 0 Å². The van der Waals surface area contributed by atoms with Crippen LogP contribution in [0.3, 0.4) is 0 Å². The number of ether oxygens (including phenoxy) is 1. The third kappa shape index (κ3) is 2.77. The molecule has 1 saturated heterocycles. The number of aromatic nitrogens is 1. The first-order valence-electron chi connectivity index (χ1n) is 5.37. The minimum atomic E-state index is -0.108. The Kier molecular flexibility index (Phi) is 3.66. The minimum Gasteiger partial charge on any atom is -0.380 e. The average molecular weight is 297 g/mol. The molecule has 17 heavy (non-hydrogen) atoms. The standard InChI is InChI=1S/C11H13BrN4O/c1-11(6-17-7-11)9(15-16-13)5-8-3-2-4-10(12)14-8/h2-4,9H,5-7H2,1H3. The summed E-state index contributed by atoms with van der Waals surface area (Å²) in [7, 11) is 0. The molecule has 1 unspecified atom stereocenters. The Labute approximate surface area is 108 Å². The molecule has 6 heteroatoms. The van der Waals surface area contributed by atoms with Crippen molar-refractivity contribution in [3.63, 3.8) is 0 Å².